The number of benzene rings is 1. The number of fused-ring (bicyclic) bond motifs is 1. The van der Waals surface area contributed by atoms with Crippen molar-refractivity contribution in [2.75, 3.05) is 0 Å². The molecule has 0 spiro atoms. The predicted molar refractivity (Wildman–Crippen MR) is 93.1 cm³/mol. The molecule has 1 unspecified atom stereocenters. The minimum Gasteiger partial charge on any atom is -0.455 e. The molecule has 3 rings (SSSR count). The smallest absolute Gasteiger partial charge is 0.287 e. The predicted octanol–water partition coefficient (Wildman–Crippen LogP) is 4.18. The molecule has 4 nitrogen and oxygen atoms in total. The van der Waals surface area contributed by atoms with Gasteiger partial charge >= 0.3 is 0 Å². The van der Waals surface area contributed by atoms with Crippen molar-refractivity contribution in [3.63, 3.8) is 0 Å². The minimum atomic E-state index is -0.586. The summed E-state index contributed by atoms with van der Waals surface area (Å²) < 4.78 is 5.82. The van der Waals surface area contributed by atoms with Crippen molar-refractivity contribution in [1.82, 2.24) is 5.32 Å². The summed E-state index contributed by atoms with van der Waals surface area (Å²) >= 11 is 6.11. The van der Waals surface area contributed by atoms with E-state index in [9.17, 15) is 9.90 Å². The molecule has 1 amide bonds. The van der Waals surface area contributed by atoms with E-state index in [4.69, 9.17) is 16.0 Å². The van der Waals surface area contributed by atoms with E-state index < -0.39 is 6.10 Å². The van der Waals surface area contributed by atoms with Crippen LogP contribution in [0.1, 0.15) is 59.4 Å². The molecule has 128 valence electrons. The number of rotatable bonds is 3. The van der Waals surface area contributed by atoms with Gasteiger partial charge in [-0.1, -0.05) is 43.6 Å². The lowest BCUT2D eigenvalue weighted by atomic mass is 9.75. The third-order valence-corrected chi connectivity index (χ3v) is 4.96. The molecular formula is C19H22ClNO3. The van der Waals surface area contributed by atoms with Crippen molar-refractivity contribution in [1.29, 1.82) is 0 Å². The fraction of sp³-hybridized carbons (Fsp3) is 0.421. The van der Waals surface area contributed by atoms with E-state index >= 15 is 0 Å². The van der Waals surface area contributed by atoms with E-state index in [2.05, 4.69) is 19.2 Å². The number of aliphatic hydroxyl groups is 1. The topological polar surface area (TPSA) is 62.5 Å². The van der Waals surface area contributed by atoms with Gasteiger partial charge in [0.25, 0.3) is 5.91 Å². The van der Waals surface area contributed by atoms with Crippen molar-refractivity contribution < 1.29 is 14.3 Å². The maximum Gasteiger partial charge on any atom is 0.287 e. The second-order valence-electron chi connectivity index (χ2n) is 7.23. The Morgan fingerprint density at radius 2 is 2.12 bits per heavy atom. The molecule has 1 aliphatic carbocycles. The van der Waals surface area contributed by atoms with Gasteiger partial charge in [-0.2, -0.15) is 0 Å². The van der Waals surface area contributed by atoms with Crippen LogP contribution in [0, 0.1) is 12.3 Å². The molecule has 2 N–H and O–H groups in total. The fourth-order valence-corrected chi connectivity index (χ4v) is 3.60. The lowest BCUT2D eigenvalue weighted by Crippen LogP contribution is -2.25. The summed E-state index contributed by atoms with van der Waals surface area (Å²) in [6.07, 6.45) is 0.802. The molecule has 24 heavy (non-hydrogen) atoms. The van der Waals surface area contributed by atoms with Gasteiger partial charge in [-0.3, -0.25) is 4.79 Å². The van der Waals surface area contributed by atoms with Crippen LogP contribution in [0.2, 0.25) is 5.02 Å². The summed E-state index contributed by atoms with van der Waals surface area (Å²) in [5, 5.41) is 13.9. The molecule has 1 aliphatic rings. The highest BCUT2D eigenvalue weighted by molar-refractivity contribution is 6.31. The molecule has 1 heterocycles. The van der Waals surface area contributed by atoms with E-state index in [0.717, 1.165) is 28.9 Å². The second kappa shape index (κ2) is 6.26. The van der Waals surface area contributed by atoms with Gasteiger partial charge in [-0.05, 0) is 30.4 Å². The van der Waals surface area contributed by atoms with Crippen LogP contribution >= 0.6 is 11.6 Å². The SMILES string of the molecule is Cc1c(C(=O)NCc2ccccc2Cl)oc2c1C(O)CC(C)(C)C2. The van der Waals surface area contributed by atoms with Crippen LogP contribution in [0.5, 0.6) is 0 Å². The first-order chi connectivity index (χ1) is 11.3. The van der Waals surface area contributed by atoms with Crippen LogP contribution in [0.25, 0.3) is 0 Å². The molecular weight excluding hydrogens is 326 g/mol. The normalized spacial score (nSPS) is 19.0. The Morgan fingerprint density at radius 1 is 1.42 bits per heavy atom. The molecule has 5 heteroatoms. The van der Waals surface area contributed by atoms with Crippen LogP contribution in [0.15, 0.2) is 28.7 Å². The van der Waals surface area contributed by atoms with Crippen LogP contribution in [-0.4, -0.2) is 11.0 Å². The Kier molecular flexibility index (Phi) is 4.45. The Bertz CT molecular complexity index is 779. The van der Waals surface area contributed by atoms with Gasteiger partial charge in [-0.15, -0.1) is 0 Å². The van der Waals surface area contributed by atoms with E-state index in [1.165, 1.54) is 0 Å². The Hall–Kier alpha value is -1.78. The third-order valence-electron chi connectivity index (χ3n) is 4.59. The number of carbonyl (C=O) groups is 1. The Morgan fingerprint density at radius 3 is 2.83 bits per heavy atom. The first kappa shape index (κ1) is 17.1. The summed E-state index contributed by atoms with van der Waals surface area (Å²) in [4.78, 5) is 12.5. The lowest BCUT2D eigenvalue weighted by molar-refractivity contribution is 0.0883. The van der Waals surface area contributed by atoms with Crippen molar-refractivity contribution in [2.45, 2.75) is 46.3 Å². The summed E-state index contributed by atoms with van der Waals surface area (Å²) in [7, 11) is 0. The zero-order valence-corrected chi connectivity index (χ0v) is 14.9. The Balaban J connectivity index is 1.81. The number of aliphatic hydroxyl groups excluding tert-OH is 1. The highest BCUT2D eigenvalue weighted by Crippen LogP contribution is 2.43. The zero-order chi connectivity index (χ0) is 17.5. The first-order valence-electron chi connectivity index (χ1n) is 8.10. The Labute approximate surface area is 146 Å². The van der Waals surface area contributed by atoms with E-state index in [0.29, 0.717) is 18.0 Å². The van der Waals surface area contributed by atoms with Crippen molar-refractivity contribution in [2.24, 2.45) is 5.41 Å². The van der Waals surface area contributed by atoms with Crippen molar-refractivity contribution >= 4 is 17.5 Å². The third kappa shape index (κ3) is 3.21. The van der Waals surface area contributed by atoms with Crippen LogP contribution in [0.4, 0.5) is 0 Å². The molecule has 0 saturated heterocycles. The highest BCUT2D eigenvalue weighted by atomic mass is 35.5. The van der Waals surface area contributed by atoms with E-state index in [-0.39, 0.29) is 17.1 Å². The average Bonchev–Trinajstić information content (AvgIpc) is 2.81. The number of furan rings is 1. The summed E-state index contributed by atoms with van der Waals surface area (Å²) in [6, 6.07) is 7.39. The van der Waals surface area contributed by atoms with E-state index in [1.807, 2.05) is 25.1 Å². The molecule has 0 fully saturated rings. The molecule has 0 aliphatic heterocycles. The fourth-order valence-electron chi connectivity index (χ4n) is 3.40. The minimum absolute atomic E-state index is 0.0397. The van der Waals surface area contributed by atoms with Gasteiger partial charge in [0, 0.05) is 29.1 Å². The lowest BCUT2D eigenvalue weighted by Gasteiger charge is -2.31. The molecule has 0 saturated carbocycles. The molecule has 0 bridgehead atoms. The molecule has 2 aromatic rings. The number of hydrogen-bond acceptors (Lipinski definition) is 3. The van der Waals surface area contributed by atoms with Crippen molar-refractivity contribution in [3.05, 3.63) is 57.5 Å². The molecule has 1 atom stereocenters. The van der Waals surface area contributed by atoms with Gasteiger partial charge in [0.05, 0.1) is 6.10 Å². The maximum absolute atomic E-state index is 12.5. The zero-order valence-electron chi connectivity index (χ0n) is 14.1. The molecule has 1 aromatic carbocycles. The second-order valence-corrected chi connectivity index (χ2v) is 7.64. The van der Waals surface area contributed by atoms with Gasteiger partial charge in [0.1, 0.15) is 5.76 Å². The maximum atomic E-state index is 12.5. The quantitative estimate of drug-likeness (QED) is 0.875. The summed E-state index contributed by atoms with van der Waals surface area (Å²) in [5.41, 5.74) is 2.31. The van der Waals surface area contributed by atoms with Crippen LogP contribution in [-0.2, 0) is 13.0 Å². The number of halogens is 1. The average molecular weight is 348 g/mol. The largest absolute Gasteiger partial charge is 0.455 e. The standard InChI is InChI=1S/C19H22ClNO3/c1-11-16-14(22)8-19(2,3)9-15(16)24-17(11)18(23)21-10-12-6-4-5-7-13(12)20/h4-7,14,22H,8-10H2,1-3H3,(H,21,23). The molecule has 0 radical (unpaired) electrons. The van der Waals surface area contributed by atoms with Gasteiger partial charge in [0.2, 0.25) is 0 Å². The molecule has 1 aromatic heterocycles. The summed E-state index contributed by atoms with van der Waals surface area (Å²) in [5.74, 6) is 0.717. The van der Waals surface area contributed by atoms with Crippen molar-refractivity contribution in [3.8, 4) is 0 Å². The van der Waals surface area contributed by atoms with Gasteiger partial charge < -0.3 is 14.8 Å². The van der Waals surface area contributed by atoms with Crippen LogP contribution in [0.3, 0.4) is 0 Å². The first-order valence-corrected chi connectivity index (χ1v) is 8.48. The van der Waals surface area contributed by atoms with E-state index in [1.54, 1.807) is 6.07 Å². The number of nitrogens with one attached hydrogen (secondary N) is 1. The monoisotopic (exact) mass is 347 g/mol. The van der Waals surface area contributed by atoms with Gasteiger partial charge in [0.15, 0.2) is 5.76 Å². The number of amides is 1. The number of carbonyl (C=O) groups excluding carboxylic acids is 1. The summed E-state index contributed by atoms with van der Waals surface area (Å²) in [6.45, 7) is 6.34. The number of hydrogen-bond donors (Lipinski definition) is 2. The van der Waals surface area contributed by atoms with Gasteiger partial charge in [-0.25, -0.2) is 0 Å². The van der Waals surface area contributed by atoms with Crippen LogP contribution < -0.4 is 5.32 Å². The highest BCUT2D eigenvalue weighted by Gasteiger charge is 2.37.